The Morgan fingerprint density at radius 2 is 2.10 bits per heavy atom. The molecule has 6 heteroatoms. The molecule has 0 atom stereocenters. The van der Waals surface area contributed by atoms with Crippen LogP contribution < -0.4 is 10.3 Å². The highest BCUT2D eigenvalue weighted by Gasteiger charge is 2.11. The maximum absolute atomic E-state index is 2.94. The number of hydrogen-bond donors (Lipinski definition) is 2. The molecule has 1 rings (SSSR count). The average Bonchev–Trinajstić information content (AvgIpc) is 2.03. The zero-order valence-electron chi connectivity index (χ0n) is 5.89. The zero-order chi connectivity index (χ0) is 7.23. The van der Waals surface area contributed by atoms with Gasteiger partial charge in [-0.05, 0) is 6.92 Å². The molecule has 1 fully saturated rings. The number of rotatable bonds is 1. The summed E-state index contributed by atoms with van der Waals surface area (Å²) in [6.45, 7) is 2.56. The van der Waals surface area contributed by atoms with Crippen LogP contribution >= 0.6 is 0 Å². The van der Waals surface area contributed by atoms with Crippen molar-refractivity contribution in [1.82, 2.24) is 15.0 Å². The van der Waals surface area contributed by atoms with Crippen molar-refractivity contribution in [2.75, 3.05) is 6.54 Å². The molecule has 0 unspecified atom stereocenters. The highest BCUT2D eigenvalue weighted by atomic mass is 15.1. The van der Waals surface area contributed by atoms with Gasteiger partial charge in [0.25, 0.3) is 22.6 Å². The van der Waals surface area contributed by atoms with Crippen LogP contribution in [0.4, 0.5) is 0 Å². The highest BCUT2D eigenvalue weighted by Crippen LogP contribution is 1.78. The van der Waals surface area contributed by atoms with Gasteiger partial charge < -0.3 is 15.0 Å². The molecule has 0 amide bonds. The minimum Gasteiger partial charge on any atom is -0.379 e. The van der Waals surface area contributed by atoms with Crippen molar-refractivity contribution in [2.45, 2.75) is 6.92 Å². The van der Waals surface area contributed by atoms with Gasteiger partial charge in [0.15, 0.2) is 0 Å². The van der Waals surface area contributed by atoms with E-state index >= 15 is 0 Å². The largest absolute Gasteiger partial charge is 0.379 e. The molecule has 0 aromatic rings. The van der Waals surface area contributed by atoms with Crippen LogP contribution in [0.25, 0.3) is 0 Å². The summed E-state index contributed by atoms with van der Waals surface area (Å²) < 4.78 is 1.93. The van der Waals surface area contributed by atoms with Gasteiger partial charge in [0, 0.05) is 6.54 Å². The molecule has 2 N–H and O–H groups in total. The van der Waals surface area contributed by atoms with Gasteiger partial charge in [-0.1, -0.05) is 5.92 Å². The Kier molecular flexibility index (Phi) is 3.44. The first kappa shape index (κ1) is 7.74. The fourth-order valence-electron chi connectivity index (χ4n) is 0.613. The first-order chi connectivity index (χ1) is 4.93. The van der Waals surface area contributed by atoms with Crippen molar-refractivity contribution in [3.05, 3.63) is 0 Å². The Hall–Kier alpha value is -0.365. The third-order valence-electron chi connectivity index (χ3n) is 1.09. The van der Waals surface area contributed by atoms with Crippen LogP contribution in [0.3, 0.4) is 0 Å². The van der Waals surface area contributed by atoms with E-state index in [1.807, 2.05) is 26.7 Å². The van der Waals surface area contributed by atoms with Crippen molar-refractivity contribution >= 4 is 22.6 Å². The summed E-state index contributed by atoms with van der Waals surface area (Å²) in [4.78, 5) is 0. The second-order valence-electron chi connectivity index (χ2n) is 1.83. The quantitative estimate of drug-likeness (QED) is 0.320. The van der Waals surface area contributed by atoms with Crippen molar-refractivity contribution in [3.63, 3.8) is 0 Å². The fourth-order valence-corrected chi connectivity index (χ4v) is 0.613. The normalized spacial score (nSPS) is 17.3. The Morgan fingerprint density at radius 1 is 1.40 bits per heavy atom. The zero-order valence-corrected chi connectivity index (χ0v) is 5.89. The molecule has 1 saturated heterocycles. The third-order valence-corrected chi connectivity index (χ3v) is 1.09. The fraction of sp³-hybridized carbons (Fsp3) is 0.500. The van der Waals surface area contributed by atoms with Gasteiger partial charge in [-0.25, -0.2) is 0 Å². The van der Waals surface area contributed by atoms with E-state index < -0.39 is 0 Å². The molecule has 0 bridgehead atoms. The SMILES string of the molecule is CC#CCN1[B]N[B]N[B]1. The summed E-state index contributed by atoms with van der Waals surface area (Å²) in [7, 11) is 5.44. The molecule has 1 aliphatic rings. The summed E-state index contributed by atoms with van der Waals surface area (Å²) in [6.07, 6.45) is 0. The lowest BCUT2D eigenvalue weighted by atomic mass is 9.81. The Morgan fingerprint density at radius 3 is 2.70 bits per heavy atom. The monoisotopic (exact) mass is 130 g/mol. The third kappa shape index (κ3) is 2.48. The predicted octanol–water partition coefficient (Wildman–Crippen LogP) is -1.89. The first-order valence-electron chi connectivity index (χ1n) is 3.09. The molecule has 3 nitrogen and oxygen atoms in total. The van der Waals surface area contributed by atoms with Crippen LogP contribution in [-0.2, 0) is 0 Å². The molecule has 0 aliphatic carbocycles. The molecular weight excluding hydrogens is 123 g/mol. The molecule has 47 valence electrons. The lowest BCUT2D eigenvalue weighted by Crippen LogP contribution is -2.57. The van der Waals surface area contributed by atoms with Crippen LogP contribution in [0.2, 0.25) is 0 Å². The maximum Gasteiger partial charge on any atom is 0.287 e. The van der Waals surface area contributed by atoms with Gasteiger partial charge in [-0.2, -0.15) is 0 Å². The van der Waals surface area contributed by atoms with Gasteiger partial charge in [0.1, 0.15) is 0 Å². The van der Waals surface area contributed by atoms with E-state index in [9.17, 15) is 0 Å². The standard InChI is InChI=1S/C4H7B3N3/c1-2-3-4-10-6-8-5-9-7-10/h8-9H,4H2,1H3. The molecule has 3 radical (unpaired) electrons. The Balaban J connectivity index is 2.17. The van der Waals surface area contributed by atoms with Gasteiger partial charge in [0.05, 0.1) is 0 Å². The Bertz CT molecular complexity index is 146. The highest BCUT2D eigenvalue weighted by molar-refractivity contribution is 6.65. The van der Waals surface area contributed by atoms with E-state index in [0.29, 0.717) is 0 Å². The summed E-state index contributed by atoms with van der Waals surface area (Å²) in [5.41, 5.74) is 0. The van der Waals surface area contributed by atoms with E-state index in [1.165, 1.54) is 0 Å². The predicted molar refractivity (Wildman–Crippen MR) is 43.7 cm³/mol. The van der Waals surface area contributed by atoms with E-state index in [2.05, 4.69) is 22.1 Å². The lowest BCUT2D eigenvalue weighted by molar-refractivity contribution is 0.747. The van der Waals surface area contributed by atoms with Gasteiger partial charge in [0.2, 0.25) is 0 Å². The number of hydrogen-bond acceptors (Lipinski definition) is 3. The Labute approximate surface area is 63.8 Å². The van der Waals surface area contributed by atoms with E-state index in [4.69, 9.17) is 0 Å². The van der Waals surface area contributed by atoms with Gasteiger partial charge >= 0.3 is 0 Å². The maximum atomic E-state index is 2.94. The molecule has 0 aromatic heterocycles. The van der Waals surface area contributed by atoms with Crippen LogP contribution in [0, 0.1) is 11.8 Å². The van der Waals surface area contributed by atoms with Crippen LogP contribution in [0.15, 0.2) is 0 Å². The smallest absolute Gasteiger partial charge is 0.287 e. The van der Waals surface area contributed by atoms with Gasteiger partial charge in [-0.3, -0.25) is 0 Å². The average molecular weight is 130 g/mol. The van der Waals surface area contributed by atoms with Crippen molar-refractivity contribution in [3.8, 4) is 11.8 Å². The minimum atomic E-state index is 0.727. The van der Waals surface area contributed by atoms with Crippen molar-refractivity contribution in [1.29, 1.82) is 0 Å². The van der Waals surface area contributed by atoms with E-state index in [-0.39, 0.29) is 0 Å². The van der Waals surface area contributed by atoms with Crippen LogP contribution in [0.1, 0.15) is 6.92 Å². The second-order valence-corrected chi connectivity index (χ2v) is 1.83. The lowest BCUT2D eigenvalue weighted by Gasteiger charge is -2.22. The summed E-state index contributed by atoms with van der Waals surface area (Å²) >= 11 is 0. The molecule has 0 saturated carbocycles. The summed E-state index contributed by atoms with van der Waals surface area (Å²) in [5, 5.41) is 5.82. The van der Waals surface area contributed by atoms with Gasteiger partial charge in [-0.15, -0.1) is 5.92 Å². The first-order valence-corrected chi connectivity index (χ1v) is 3.09. The van der Waals surface area contributed by atoms with Crippen molar-refractivity contribution in [2.24, 2.45) is 0 Å². The summed E-state index contributed by atoms with van der Waals surface area (Å²) in [6, 6.07) is 0. The van der Waals surface area contributed by atoms with Crippen LogP contribution in [0.5, 0.6) is 0 Å². The van der Waals surface area contributed by atoms with E-state index in [1.54, 1.807) is 7.55 Å². The molecule has 0 aromatic carbocycles. The molecule has 10 heavy (non-hydrogen) atoms. The molecular formula is C4H7B3N3. The number of nitrogens with zero attached hydrogens (tertiary/aromatic N) is 1. The topological polar surface area (TPSA) is 27.3 Å². The number of nitrogens with one attached hydrogen (secondary N) is 2. The molecule has 0 spiro atoms. The molecule has 1 aliphatic heterocycles. The summed E-state index contributed by atoms with van der Waals surface area (Å²) in [5.74, 6) is 5.76. The second kappa shape index (κ2) is 4.45. The molecule has 1 heterocycles. The minimum absolute atomic E-state index is 0.727. The van der Waals surface area contributed by atoms with E-state index in [0.717, 1.165) is 6.54 Å². The van der Waals surface area contributed by atoms with Crippen LogP contribution in [-0.4, -0.2) is 33.9 Å². The van der Waals surface area contributed by atoms with Crippen molar-refractivity contribution < 1.29 is 0 Å².